The van der Waals surface area contributed by atoms with Gasteiger partial charge in [0.1, 0.15) is 5.76 Å². The maximum Gasteiger partial charge on any atom is 0.313 e. The molecule has 0 saturated heterocycles. The van der Waals surface area contributed by atoms with E-state index >= 15 is 0 Å². The second-order valence-corrected chi connectivity index (χ2v) is 3.91. The number of benzene rings is 1. The highest BCUT2D eigenvalue weighted by molar-refractivity contribution is 6.39. The third-order valence-electron chi connectivity index (χ3n) is 2.48. The van der Waals surface area contributed by atoms with Gasteiger partial charge in [0.25, 0.3) is 0 Å². The first kappa shape index (κ1) is 13.4. The number of nitrogens with zero attached hydrogens (tertiary/aromatic N) is 1. The summed E-state index contributed by atoms with van der Waals surface area (Å²) in [4.78, 5) is 23.2. The van der Waals surface area contributed by atoms with Crippen LogP contribution in [0.25, 0.3) is 0 Å². The van der Waals surface area contributed by atoms with E-state index in [0.29, 0.717) is 17.0 Å². The maximum absolute atomic E-state index is 11.6. The van der Waals surface area contributed by atoms with Gasteiger partial charge in [0.15, 0.2) is 0 Å². The van der Waals surface area contributed by atoms with Crippen molar-refractivity contribution in [3.63, 3.8) is 0 Å². The number of carbonyl (C=O) groups excluding carboxylic acids is 2. The Morgan fingerprint density at radius 3 is 2.50 bits per heavy atom. The summed E-state index contributed by atoms with van der Waals surface area (Å²) in [6.45, 7) is 0.145. The fraction of sp³-hybridized carbons (Fsp3) is 0.0714. The van der Waals surface area contributed by atoms with Gasteiger partial charge in [-0.3, -0.25) is 9.59 Å². The molecule has 0 aliphatic heterocycles. The Bertz CT molecular complexity index is 639. The summed E-state index contributed by atoms with van der Waals surface area (Å²) in [6.07, 6.45) is 1.48. The number of anilines is 1. The Hall–Kier alpha value is -3.07. The molecule has 0 saturated carbocycles. The lowest BCUT2D eigenvalue weighted by Gasteiger charge is -2.05. The smallest absolute Gasteiger partial charge is 0.313 e. The van der Waals surface area contributed by atoms with Gasteiger partial charge in [-0.25, -0.2) is 0 Å². The molecule has 2 N–H and O–H groups in total. The van der Waals surface area contributed by atoms with Gasteiger partial charge in [-0.1, -0.05) is 0 Å². The first-order valence-electron chi connectivity index (χ1n) is 5.81. The number of carbonyl (C=O) groups is 2. The molecule has 0 fully saturated rings. The van der Waals surface area contributed by atoms with Gasteiger partial charge in [0, 0.05) is 5.69 Å². The largest absolute Gasteiger partial charge is 0.467 e. The zero-order valence-electron chi connectivity index (χ0n) is 10.4. The summed E-state index contributed by atoms with van der Waals surface area (Å²) >= 11 is 0. The van der Waals surface area contributed by atoms with Crippen molar-refractivity contribution in [1.82, 2.24) is 5.32 Å². The lowest BCUT2D eigenvalue weighted by atomic mass is 10.2. The summed E-state index contributed by atoms with van der Waals surface area (Å²) < 4.78 is 5.03. The van der Waals surface area contributed by atoms with Gasteiger partial charge in [-0.15, -0.1) is 0 Å². The highest BCUT2D eigenvalue weighted by Crippen LogP contribution is 2.08. The van der Waals surface area contributed by atoms with Crippen LogP contribution < -0.4 is 10.6 Å². The van der Waals surface area contributed by atoms with Crippen LogP contribution in [0.3, 0.4) is 0 Å². The summed E-state index contributed by atoms with van der Waals surface area (Å²) in [5.41, 5.74) is 0.924. The molecule has 1 aromatic heterocycles. The molecule has 0 spiro atoms. The standard InChI is InChI=1S/C14H11N3O3/c15-8-10-3-5-11(6-4-10)17-14(19)13(18)16-9-12-2-1-7-20-12/h1-7H,9H2,(H,16,18)(H,17,19). The quantitative estimate of drug-likeness (QED) is 0.823. The molecule has 2 amide bonds. The van der Waals surface area contributed by atoms with Crippen LogP contribution in [-0.2, 0) is 16.1 Å². The molecule has 2 aromatic rings. The van der Waals surface area contributed by atoms with E-state index in [1.807, 2.05) is 6.07 Å². The summed E-state index contributed by atoms with van der Waals surface area (Å²) in [5.74, 6) is -0.975. The van der Waals surface area contributed by atoms with Crippen LogP contribution in [0.2, 0.25) is 0 Å². The van der Waals surface area contributed by atoms with Gasteiger partial charge < -0.3 is 15.1 Å². The van der Waals surface area contributed by atoms with Gasteiger partial charge >= 0.3 is 11.8 Å². The number of hydrogen-bond acceptors (Lipinski definition) is 4. The maximum atomic E-state index is 11.6. The zero-order chi connectivity index (χ0) is 14.4. The predicted octanol–water partition coefficient (Wildman–Crippen LogP) is 1.41. The number of rotatable bonds is 3. The lowest BCUT2D eigenvalue weighted by Crippen LogP contribution is -2.34. The summed E-state index contributed by atoms with van der Waals surface area (Å²) in [6, 6.07) is 11.6. The van der Waals surface area contributed by atoms with E-state index in [1.165, 1.54) is 6.26 Å². The molecular formula is C14H11N3O3. The Morgan fingerprint density at radius 1 is 1.15 bits per heavy atom. The molecule has 0 bridgehead atoms. The van der Waals surface area contributed by atoms with Crippen LogP contribution in [0.5, 0.6) is 0 Å². The van der Waals surface area contributed by atoms with Crippen LogP contribution >= 0.6 is 0 Å². The molecule has 100 valence electrons. The third kappa shape index (κ3) is 3.46. The lowest BCUT2D eigenvalue weighted by molar-refractivity contribution is -0.136. The van der Waals surface area contributed by atoms with Crippen molar-refractivity contribution in [2.24, 2.45) is 0 Å². The van der Waals surface area contributed by atoms with Crippen LogP contribution in [0.15, 0.2) is 47.1 Å². The van der Waals surface area contributed by atoms with Crippen molar-refractivity contribution in [2.75, 3.05) is 5.32 Å². The van der Waals surface area contributed by atoms with Crippen LogP contribution in [0.1, 0.15) is 11.3 Å². The second-order valence-electron chi connectivity index (χ2n) is 3.91. The van der Waals surface area contributed by atoms with Crippen LogP contribution in [0.4, 0.5) is 5.69 Å². The molecule has 6 heteroatoms. The first-order valence-corrected chi connectivity index (χ1v) is 5.81. The number of nitrogens with one attached hydrogen (secondary N) is 2. The highest BCUT2D eigenvalue weighted by Gasteiger charge is 2.13. The normalized spacial score (nSPS) is 9.55. The van der Waals surface area contributed by atoms with E-state index in [0.717, 1.165) is 0 Å². The Kier molecular flexibility index (Phi) is 4.14. The SMILES string of the molecule is N#Cc1ccc(NC(=O)C(=O)NCc2ccco2)cc1. The van der Waals surface area contributed by atoms with E-state index in [2.05, 4.69) is 10.6 Å². The topological polar surface area (TPSA) is 95.1 Å². The molecule has 0 aliphatic rings. The monoisotopic (exact) mass is 269 g/mol. The summed E-state index contributed by atoms with van der Waals surface area (Å²) in [7, 11) is 0. The minimum Gasteiger partial charge on any atom is -0.467 e. The number of nitriles is 1. The molecule has 0 radical (unpaired) electrons. The number of furan rings is 1. The minimum atomic E-state index is -0.777. The van der Waals surface area contributed by atoms with Gasteiger partial charge in [-0.05, 0) is 36.4 Å². The van der Waals surface area contributed by atoms with Gasteiger partial charge in [-0.2, -0.15) is 5.26 Å². The van der Waals surface area contributed by atoms with Gasteiger partial charge in [0.05, 0.1) is 24.4 Å². The number of amides is 2. The Balaban J connectivity index is 1.87. The van der Waals surface area contributed by atoms with E-state index in [-0.39, 0.29) is 6.54 Å². The van der Waals surface area contributed by atoms with E-state index in [4.69, 9.17) is 9.68 Å². The minimum absolute atomic E-state index is 0.145. The van der Waals surface area contributed by atoms with Crippen LogP contribution in [-0.4, -0.2) is 11.8 Å². The van der Waals surface area contributed by atoms with Gasteiger partial charge in [0.2, 0.25) is 0 Å². The van der Waals surface area contributed by atoms with E-state index in [1.54, 1.807) is 36.4 Å². The van der Waals surface area contributed by atoms with E-state index < -0.39 is 11.8 Å². The van der Waals surface area contributed by atoms with Crippen molar-refractivity contribution in [3.05, 3.63) is 54.0 Å². The average molecular weight is 269 g/mol. The fourth-order valence-electron chi connectivity index (χ4n) is 1.48. The van der Waals surface area contributed by atoms with Crippen molar-refractivity contribution < 1.29 is 14.0 Å². The molecule has 1 heterocycles. The molecule has 0 aliphatic carbocycles. The van der Waals surface area contributed by atoms with Crippen LogP contribution in [0, 0.1) is 11.3 Å². The molecule has 0 atom stereocenters. The molecule has 6 nitrogen and oxygen atoms in total. The highest BCUT2D eigenvalue weighted by atomic mass is 16.3. The van der Waals surface area contributed by atoms with Crippen molar-refractivity contribution in [1.29, 1.82) is 5.26 Å². The fourth-order valence-corrected chi connectivity index (χ4v) is 1.48. The zero-order valence-corrected chi connectivity index (χ0v) is 10.4. The molecule has 2 rings (SSSR count). The average Bonchev–Trinajstić information content (AvgIpc) is 2.98. The molecule has 20 heavy (non-hydrogen) atoms. The van der Waals surface area contributed by atoms with Crippen molar-refractivity contribution >= 4 is 17.5 Å². The Labute approximate surface area is 115 Å². The second kappa shape index (κ2) is 6.20. The van der Waals surface area contributed by atoms with Crippen molar-refractivity contribution in [2.45, 2.75) is 6.54 Å². The third-order valence-corrected chi connectivity index (χ3v) is 2.48. The predicted molar refractivity (Wildman–Crippen MR) is 70.3 cm³/mol. The van der Waals surface area contributed by atoms with E-state index in [9.17, 15) is 9.59 Å². The molecular weight excluding hydrogens is 258 g/mol. The summed E-state index contributed by atoms with van der Waals surface area (Å²) in [5, 5.41) is 13.5. The Morgan fingerprint density at radius 2 is 1.90 bits per heavy atom. The van der Waals surface area contributed by atoms with Crippen molar-refractivity contribution in [3.8, 4) is 6.07 Å². The number of hydrogen-bond donors (Lipinski definition) is 2. The first-order chi connectivity index (χ1) is 9.69. The molecule has 0 unspecified atom stereocenters. The molecule has 1 aromatic carbocycles.